The molecule has 142 valence electrons. The Kier molecular flexibility index (Phi) is 6.54. The molecule has 5 heteroatoms. The van der Waals surface area contributed by atoms with Gasteiger partial charge in [0.15, 0.2) is 0 Å². The maximum Gasteiger partial charge on any atom is 0.137 e. The first-order chi connectivity index (χ1) is 13.6. The Morgan fingerprint density at radius 1 is 1.25 bits per heavy atom. The predicted molar refractivity (Wildman–Crippen MR) is 120 cm³/mol. The van der Waals surface area contributed by atoms with Gasteiger partial charge < -0.3 is 4.74 Å². The van der Waals surface area contributed by atoms with Gasteiger partial charge in [0.1, 0.15) is 24.7 Å². The molecule has 0 saturated heterocycles. The van der Waals surface area contributed by atoms with Gasteiger partial charge in [0.05, 0.1) is 16.5 Å². The Hall–Kier alpha value is -2.58. The number of rotatable bonds is 7. The van der Waals surface area contributed by atoms with Crippen molar-refractivity contribution in [2.24, 2.45) is 0 Å². The second-order valence-corrected chi connectivity index (χ2v) is 8.10. The van der Waals surface area contributed by atoms with Crippen LogP contribution in [0.1, 0.15) is 37.5 Å². The third-order valence-corrected chi connectivity index (χ3v) is 5.71. The highest BCUT2D eigenvalue weighted by molar-refractivity contribution is 7.18. The second kappa shape index (κ2) is 9.08. The molecule has 3 rings (SSSR count). The van der Waals surface area contributed by atoms with Crippen molar-refractivity contribution in [3.05, 3.63) is 59.3 Å². The average molecular weight is 388 g/mol. The molecule has 0 aliphatic rings. The van der Waals surface area contributed by atoms with Crippen LogP contribution in [0.5, 0.6) is 5.75 Å². The number of aryl methyl sites for hydroxylation is 1. The summed E-state index contributed by atoms with van der Waals surface area (Å²) in [4.78, 5) is 5.82. The lowest BCUT2D eigenvalue weighted by molar-refractivity contribution is 0.242. The van der Waals surface area contributed by atoms with Crippen molar-refractivity contribution in [3.8, 4) is 32.8 Å². The topological polar surface area (TPSA) is 45.9 Å². The van der Waals surface area contributed by atoms with E-state index in [1.807, 2.05) is 38.2 Å². The van der Waals surface area contributed by atoms with Gasteiger partial charge in [0.25, 0.3) is 0 Å². The molecule has 0 spiro atoms. The lowest BCUT2D eigenvalue weighted by Crippen LogP contribution is -2.06. The lowest BCUT2D eigenvalue weighted by Gasteiger charge is -2.12. The molecule has 28 heavy (non-hydrogen) atoms. The first-order valence-electron chi connectivity index (χ1n) is 9.85. The SMILES string of the molecule is BCCc1cccc(-c2cnc(-c3ccc(OC(C)C)c(C#N)c3)s2)c1CC. The van der Waals surface area contributed by atoms with Gasteiger partial charge >= 0.3 is 0 Å². The van der Waals surface area contributed by atoms with E-state index in [2.05, 4.69) is 44.0 Å². The maximum absolute atomic E-state index is 9.49. The van der Waals surface area contributed by atoms with Gasteiger partial charge in [0, 0.05) is 11.8 Å². The molecular formula is C23H25BN2OS. The average Bonchev–Trinajstić information content (AvgIpc) is 3.18. The van der Waals surface area contributed by atoms with Crippen molar-refractivity contribution in [2.45, 2.75) is 46.0 Å². The summed E-state index contributed by atoms with van der Waals surface area (Å²) in [5, 5.41) is 10.4. The molecule has 0 radical (unpaired) electrons. The van der Waals surface area contributed by atoms with E-state index in [1.165, 1.54) is 21.6 Å². The molecule has 0 aliphatic heterocycles. The number of thiazole rings is 1. The second-order valence-electron chi connectivity index (χ2n) is 7.07. The molecule has 2 aromatic carbocycles. The Morgan fingerprint density at radius 3 is 2.75 bits per heavy atom. The minimum Gasteiger partial charge on any atom is -0.490 e. The fourth-order valence-corrected chi connectivity index (χ4v) is 4.39. The van der Waals surface area contributed by atoms with E-state index in [-0.39, 0.29) is 6.10 Å². The van der Waals surface area contributed by atoms with Crippen molar-refractivity contribution in [1.29, 1.82) is 5.26 Å². The molecule has 0 fully saturated rings. The van der Waals surface area contributed by atoms with Crippen LogP contribution in [0.25, 0.3) is 21.0 Å². The first kappa shape index (κ1) is 20.2. The molecule has 0 amide bonds. The van der Waals surface area contributed by atoms with Gasteiger partial charge in [-0.3, -0.25) is 0 Å². The van der Waals surface area contributed by atoms with Crippen LogP contribution in [0.4, 0.5) is 0 Å². The van der Waals surface area contributed by atoms with Crippen LogP contribution in [0, 0.1) is 11.3 Å². The molecular weight excluding hydrogens is 363 g/mol. The zero-order valence-electron chi connectivity index (χ0n) is 17.0. The molecule has 3 nitrogen and oxygen atoms in total. The Labute approximate surface area is 172 Å². The smallest absolute Gasteiger partial charge is 0.137 e. The van der Waals surface area contributed by atoms with Crippen LogP contribution in [-0.4, -0.2) is 18.9 Å². The minimum atomic E-state index is 0.0345. The summed E-state index contributed by atoms with van der Waals surface area (Å²) in [7, 11) is 2.22. The van der Waals surface area contributed by atoms with E-state index in [0.29, 0.717) is 11.3 Å². The van der Waals surface area contributed by atoms with Crippen molar-refractivity contribution in [3.63, 3.8) is 0 Å². The number of nitrogens with zero attached hydrogens (tertiary/aromatic N) is 2. The molecule has 1 heterocycles. The number of hydrogen-bond donors (Lipinski definition) is 0. The van der Waals surface area contributed by atoms with E-state index in [9.17, 15) is 5.26 Å². The van der Waals surface area contributed by atoms with Gasteiger partial charge in [-0.2, -0.15) is 5.26 Å². The Balaban J connectivity index is 1.97. The molecule has 0 unspecified atom stereocenters. The van der Waals surface area contributed by atoms with Crippen LogP contribution in [-0.2, 0) is 12.8 Å². The fourth-order valence-electron chi connectivity index (χ4n) is 3.43. The van der Waals surface area contributed by atoms with Crippen LogP contribution < -0.4 is 4.74 Å². The van der Waals surface area contributed by atoms with Gasteiger partial charge in [0.2, 0.25) is 0 Å². The molecule has 0 saturated carbocycles. The molecule has 1 aromatic heterocycles. The first-order valence-corrected chi connectivity index (χ1v) is 10.7. The van der Waals surface area contributed by atoms with Gasteiger partial charge in [-0.05, 0) is 61.6 Å². The van der Waals surface area contributed by atoms with Crippen molar-refractivity contribution < 1.29 is 4.74 Å². The van der Waals surface area contributed by atoms with Crippen molar-refractivity contribution in [2.75, 3.05) is 0 Å². The number of nitriles is 1. The number of hydrogen-bond acceptors (Lipinski definition) is 4. The molecule has 0 N–H and O–H groups in total. The molecule has 0 atom stereocenters. The van der Waals surface area contributed by atoms with Crippen LogP contribution >= 0.6 is 11.3 Å². The van der Waals surface area contributed by atoms with E-state index in [1.54, 1.807) is 11.3 Å². The highest BCUT2D eigenvalue weighted by Gasteiger charge is 2.14. The summed E-state index contributed by atoms with van der Waals surface area (Å²) >= 11 is 1.67. The van der Waals surface area contributed by atoms with E-state index in [4.69, 9.17) is 4.74 Å². The quantitative estimate of drug-likeness (QED) is 0.517. The number of aromatic nitrogens is 1. The standard InChI is InChI=1S/C23H25BN2OS/c1-4-19-16(10-11-24)6-5-7-20(19)22-14-26-23(28-22)17-8-9-21(27-15(2)3)18(12-17)13-25/h5-9,12,14-15H,4,10-11,24H2,1-3H3. The van der Waals surface area contributed by atoms with Crippen molar-refractivity contribution >= 4 is 19.2 Å². The highest BCUT2D eigenvalue weighted by Crippen LogP contribution is 2.36. The van der Waals surface area contributed by atoms with E-state index < -0.39 is 0 Å². The number of benzene rings is 2. The van der Waals surface area contributed by atoms with Crippen molar-refractivity contribution in [1.82, 2.24) is 4.98 Å². The third kappa shape index (κ3) is 4.29. The summed E-state index contributed by atoms with van der Waals surface area (Å²) in [6.45, 7) is 6.13. The summed E-state index contributed by atoms with van der Waals surface area (Å²) in [5.41, 5.74) is 5.61. The Morgan fingerprint density at radius 2 is 2.07 bits per heavy atom. The monoisotopic (exact) mass is 388 g/mol. The van der Waals surface area contributed by atoms with Crippen LogP contribution in [0.2, 0.25) is 6.32 Å². The number of ether oxygens (including phenoxy) is 1. The third-order valence-electron chi connectivity index (χ3n) is 4.63. The molecule has 0 bridgehead atoms. The zero-order valence-corrected chi connectivity index (χ0v) is 17.8. The summed E-state index contributed by atoms with van der Waals surface area (Å²) in [6, 6.07) is 14.5. The zero-order chi connectivity index (χ0) is 20.1. The van der Waals surface area contributed by atoms with E-state index >= 15 is 0 Å². The fraction of sp³-hybridized carbons (Fsp3) is 0.304. The normalized spacial score (nSPS) is 10.8. The predicted octanol–water partition coefficient (Wildman–Crippen LogP) is 5.29. The minimum absolute atomic E-state index is 0.0345. The maximum atomic E-state index is 9.49. The molecule has 0 aliphatic carbocycles. The lowest BCUT2D eigenvalue weighted by atomic mass is 9.91. The van der Waals surface area contributed by atoms with Gasteiger partial charge in [-0.25, -0.2) is 4.98 Å². The van der Waals surface area contributed by atoms with Gasteiger partial charge in [-0.15, -0.1) is 11.3 Å². The Bertz CT molecular complexity index is 1000. The van der Waals surface area contributed by atoms with E-state index in [0.717, 1.165) is 29.7 Å². The largest absolute Gasteiger partial charge is 0.490 e. The van der Waals surface area contributed by atoms with Gasteiger partial charge in [-0.1, -0.05) is 31.4 Å². The summed E-state index contributed by atoms with van der Waals surface area (Å²) in [6.07, 6.45) is 5.25. The molecule has 3 aromatic rings. The van der Waals surface area contributed by atoms with Crippen LogP contribution in [0.15, 0.2) is 42.6 Å². The van der Waals surface area contributed by atoms with Crippen LogP contribution in [0.3, 0.4) is 0 Å². The highest BCUT2D eigenvalue weighted by atomic mass is 32.1. The summed E-state index contributed by atoms with van der Waals surface area (Å²) < 4.78 is 5.73. The summed E-state index contributed by atoms with van der Waals surface area (Å²) in [5.74, 6) is 0.624.